The first kappa shape index (κ1) is 14.9. The number of nitrogens with zero attached hydrogens (tertiary/aromatic N) is 1. The topological polar surface area (TPSA) is 59.4 Å². The summed E-state index contributed by atoms with van der Waals surface area (Å²) in [6, 6.07) is 4.67. The van der Waals surface area contributed by atoms with Gasteiger partial charge in [-0.2, -0.15) is 0 Å². The van der Waals surface area contributed by atoms with Gasteiger partial charge in [-0.25, -0.2) is 13.6 Å². The van der Waals surface area contributed by atoms with Crippen LogP contribution < -0.4 is 4.74 Å². The standard InChI is InChI=1S/C15H13F2NO3/c1-3-12-13(5-4-8(2)18-12)21-14-10(16)6-9(15(19)20)7-11(14)17/h4-7H,3H2,1-2H3,(H,19,20). The monoisotopic (exact) mass is 293 g/mol. The fourth-order valence-electron chi connectivity index (χ4n) is 1.83. The van der Waals surface area contributed by atoms with Gasteiger partial charge in [0.1, 0.15) is 5.75 Å². The van der Waals surface area contributed by atoms with Gasteiger partial charge in [0.2, 0.25) is 0 Å². The van der Waals surface area contributed by atoms with Crippen molar-refractivity contribution >= 4 is 5.97 Å². The van der Waals surface area contributed by atoms with Crippen molar-refractivity contribution < 1.29 is 23.4 Å². The molecule has 2 aromatic rings. The van der Waals surface area contributed by atoms with E-state index in [1.54, 1.807) is 19.1 Å². The Morgan fingerprint density at radius 2 is 1.90 bits per heavy atom. The lowest BCUT2D eigenvalue weighted by Gasteiger charge is -2.12. The second kappa shape index (κ2) is 5.87. The summed E-state index contributed by atoms with van der Waals surface area (Å²) < 4.78 is 32.9. The molecule has 4 nitrogen and oxygen atoms in total. The molecule has 2 rings (SSSR count). The van der Waals surface area contributed by atoms with Gasteiger partial charge in [-0.1, -0.05) is 6.92 Å². The van der Waals surface area contributed by atoms with Crippen LogP contribution in [-0.2, 0) is 6.42 Å². The van der Waals surface area contributed by atoms with E-state index in [0.717, 1.165) is 5.69 Å². The van der Waals surface area contributed by atoms with E-state index in [1.807, 2.05) is 6.92 Å². The highest BCUT2D eigenvalue weighted by molar-refractivity contribution is 5.87. The van der Waals surface area contributed by atoms with E-state index < -0.39 is 28.9 Å². The molecule has 1 aromatic heterocycles. The molecule has 6 heteroatoms. The second-order valence-corrected chi connectivity index (χ2v) is 4.43. The molecule has 110 valence electrons. The number of pyridine rings is 1. The van der Waals surface area contributed by atoms with E-state index in [0.29, 0.717) is 24.2 Å². The van der Waals surface area contributed by atoms with E-state index in [-0.39, 0.29) is 5.75 Å². The van der Waals surface area contributed by atoms with Crippen LogP contribution in [0.1, 0.15) is 28.7 Å². The Hall–Kier alpha value is -2.50. The Balaban J connectivity index is 2.43. The number of carboxylic acid groups (broad SMARTS) is 1. The van der Waals surface area contributed by atoms with Crippen molar-refractivity contribution in [3.8, 4) is 11.5 Å². The van der Waals surface area contributed by atoms with Crippen LogP contribution >= 0.6 is 0 Å². The lowest BCUT2D eigenvalue weighted by molar-refractivity contribution is 0.0695. The van der Waals surface area contributed by atoms with Crippen molar-refractivity contribution in [2.75, 3.05) is 0 Å². The zero-order valence-corrected chi connectivity index (χ0v) is 11.5. The van der Waals surface area contributed by atoms with Crippen LogP contribution in [0.3, 0.4) is 0 Å². The van der Waals surface area contributed by atoms with Gasteiger partial charge in [-0.3, -0.25) is 4.98 Å². The first-order chi connectivity index (χ1) is 9.92. The number of aryl methyl sites for hydroxylation is 2. The number of rotatable bonds is 4. The predicted molar refractivity (Wildman–Crippen MR) is 71.7 cm³/mol. The molecule has 0 aliphatic heterocycles. The Morgan fingerprint density at radius 3 is 2.43 bits per heavy atom. The van der Waals surface area contributed by atoms with Crippen LogP contribution in [0, 0.1) is 18.6 Å². The minimum absolute atomic E-state index is 0.240. The highest BCUT2D eigenvalue weighted by atomic mass is 19.1. The van der Waals surface area contributed by atoms with E-state index in [2.05, 4.69) is 4.98 Å². The fraction of sp³-hybridized carbons (Fsp3) is 0.200. The largest absolute Gasteiger partial charge is 0.478 e. The highest BCUT2D eigenvalue weighted by Gasteiger charge is 2.18. The van der Waals surface area contributed by atoms with Gasteiger partial charge in [0, 0.05) is 5.69 Å². The van der Waals surface area contributed by atoms with Crippen molar-refractivity contribution in [3.05, 3.63) is 52.9 Å². The van der Waals surface area contributed by atoms with Crippen LogP contribution in [0.25, 0.3) is 0 Å². The normalized spacial score (nSPS) is 10.5. The predicted octanol–water partition coefficient (Wildman–Crippen LogP) is 3.72. The first-order valence-corrected chi connectivity index (χ1v) is 6.29. The number of carboxylic acids is 1. The highest BCUT2D eigenvalue weighted by Crippen LogP contribution is 2.30. The van der Waals surface area contributed by atoms with Crippen LogP contribution in [0.4, 0.5) is 8.78 Å². The number of carbonyl (C=O) groups is 1. The summed E-state index contributed by atoms with van der Waals surface area (Å²) >= 11 is 0. The molecule has 0 unspecified atom stereocenters. The molecule has 0 atom stereocenters. The van der Waals surface area contributed by atoms with Gasteiger partial charge >= 0.3 is 5.97 Å². The molecule has 0 fully saturated rings. The maximum Gasteiger partial charge on any atom is 0.335 e. The Kier molecular flexibility index (Phi) is 4.16. The third-order valence-electron chi connectivity index (χ3n) is 2.86. The minimum Gasteiger partial charge on any atom is -0.478 e. The van der Waals surface area contributed by atoms with Gasteiger partial charge in [0.05, 0.1) is 11.3 Å². The molecule has 1 aromatic carbocycles. The molecule has 0 spiro atoms. The minimum atomic E-state index is -1.41. The van der Waals surface area contributed by atoms with Gasteiger partial charge in [0.15, 0.2) is 17.4 Å². The lowest BCUT2D eigenvalue weighted by Crippen LogP contribution is -2.02. The SMILES string of the molecule is CCc1nc(C)ccc1Oc1c(F)cc(C(=O)O)cc1F. The van der Waals surface area contributed by atoms with Crippen molar-refractivity contribution in [1.82, 2.24) is 4.98 Å². The zero-order chi connectivity index (χ0) is 15.6. The fourth-order valence-corrected chi connectivity index (χ4v) is 1.83. The first-order valence-electron chi connectivity index (χ1n) is 6.29. The Bertz CT molecular complexity index is 678. The third-order valence-corrected chi connectivity index (χ3v) is 2.86. The number of halogens is 2. The summed E-state index contributed by atoms with van der Waals surface area (Å²) in [4.78, 5) is 15.0. The van der Waals surface area contributed by atoms with Crippen molar-refractivity contribution in [2.45, 2.75) is 20.3 Å². The summed E-state index contributed by atoms with van der Waals surface area (Å²) in [7, 11) is 0. The lowest BCUT2D eigenvalue weighted by atomic mass is 10.2. The van der Waals surface area contributed by atoms with E-state index >= 15 is 0 Å². The Morgan fingerprint density at radius 1 is 1.29 bits per heavy atom. The molecule has 0 bridgehead atoms. The zero-order valence-electron chi connectivity index (χ0n) is 11.5. The number of aromatic nitrogens is 1. The summed E-state index contributed by atoms with van der Waals surface area (Å²) in [6.45, 7) is 3.64. The number of ether oxygens (including phenoxy) is 1. The van der Waals surface area contributed by atoms with Crippen LogP contribution in [-0.4, -0.2) is 16.1 Å². The third kappa shape index (κ3) is 3.16. The van der Waals surface area contributed by atoms with Gasteiger partial charge in [0.25, 0.3) is 0 Å². The van der Waals surface area contributed by atoms with Crippen LogP contribution in [0.15, 0.2) is 24.3 Å². The van der Waals surface area contributed by atoms with E-state index in [1.165, 1.54) is 0 Å². The summed E-state index contributed by atoms with van der Waals surface area (Å²) in [5.74, 6) is -3.96. The number of hydrogen-bond donors (Lipinski definition) is 1. The number of hydrogen-bond acceptors (Lipinski definition) is 3. The quantitative estimate of drug-likeness (QED) is 0.933. The maximum absolute atomic E-state index is 13.8. The number of benzene rings is 1. The smallest absolute Gasteiger partial charge is 0.335 e. The van der Waals surface area contributed by atoms with Crippen molar-refractivity contribution in [3.63, 3.8) is 0 Å². The molecule has 0 radical (unpaired) electrons. The van der Waals surface area contributed by atoms with Gasteiger partial charge < -0.3 is 9.84 Å². The molecular weight excluding hydrogens is 280 g/mol. The summed E-state index contributed by atoms with van der Waals surface area (Å²) in [5, 5.41) is 8.74. The molecule has 0 aliphatic rings. The molecule has 21 heavy (non-hydrogen) atoms. The molecule has 0 aliphatic carbocycles. The van der Waals surface area contributed by atoms with Crippen molar-refractivity contribution in [1.29, 1.82) is 0 Å². The molecule has 1 N–H and O–H groups in total. The van der Waals surface area contributed by atoms with Crippen LogP contribution in [0.5, 0.6) is 11.5 Å². The molecule has 0 amide bonds. The maximum atomic E-state index is 13.8. The average molecular weight is 293 g/mol. The average Bonchev–Trinajstić information content (AvgIpc) is 2.43. The number of aromatic carboxylic acids is 1. The Labute approximate surface area is 120 Å². The van der Waals surface area contributed by atoms with Gasteiger partial charge in [-0.05, 0) is 37.6 Å². The summed E-state index contributed by atoms with van der Waals surface area (Å²) in [6.07, 6.45) is 0.535. The van der Waals surface area contributed by atoms with E-state index in [4.69, 9.17) is 9.84 Å². The van der Waals surface area contributed by atoms with Gasteiger partial charge in [-0.15, -0.1) is 0 Å². The van der Waals surface area contributed by atoms with Crippen molar-refractivity contribution in [2.24, 2.45) is 0 Å². The molecule has 0 saturated heterocycles. The molecule has 0 saturated carbocycles. The van der Waals surface area contributed by atoms with Crippen LogP contribution in [0.2, 0.25) is 0 Å². The molecular formula is C15H13F2NO3. The summed E-state index contributed by atoms with van der Waals surface area (Å²) in [5.41, 5.74) is 0.854. The second-order valence-electron chi connectivity index (χ2n) is 4.43. The van der Waals surface area contributed by atoms with E-state index in [9.17, 15) is 13.6 Å². The molecule has 1 heterocycles.